The highest BCUT2D eigenvalue weighted by Gasteiger charge is 2.39. The minimum atomic E-state index is -0.609. The first-order chi connectivity index (χ1) is 16.0. The van der Waals surface area contributed by atoms with Crippen LogP contribution in [0.2, 0.25) is 0 Å². The third-order valence-corrected chi connectivity index (χ3v) is 6.97. The van der Waals surface area contributed by atoms with E-state index in [9.17, 15) is 14.4 Å². The zero-order valence-electron chi connectivity index (χ0n) is 18.4. The normalized spacial score (nSPS) is 20.2. The van der Waals surface area contributed by atoms with Crippen molar-refractivity contribution in [2.24, 2.45) is 7.05 Å². The van der Waals surface area contributed by atoms with Gasteiger partial charge in [0.15, 0.2) is 0 Å². The summed E-state index contributed by atoms with van der Waals surface area (Å²) in [7, 11) is 2.01. The molecule has 6 rings (SSSR count). The zero-order valence-corrected chi connectivity index (χ0v) is 18.4. The largest absolute Gasteiger partial charge is 0.333 e. The van der Waals surface area contributed by atoms with Gasteiger partial charge in [-0.3, -0.25) is 19.7 Å². The molecule has 2 aliphatic heterocycles. The summed E-state index contributed by atoms with van der Waals surface area (Å²) in [5, 5.41) is 2.35. The summed E-state index contributed by atoms with van der Waals surface area (Å²) in [6.07, 6.45) is 4.89. The predicted molar refractivity (Wildman–Crippen MR) is 122 cm³/mol. The first kappa shape index (κ1) is 19.9. The van der Waals surface area contributed by atoms with Gasteiger partial charge in [-0.1, -0.05) is 30.3 Å². The van der Waals surface area contributed by atoms with Gasteiger partial charge in [-0.05, 0) is 48.4 Å². The Bertz CT molecular complexity index is 1320. The lowest BCUT2D eigenvalue weighted by Crippen LogP contribution is -2.52. The lowest BCUT2D eigenvalue weighted by molar-refractivity contribution is -0.136. The molecule has 2 aromatic carbocycles. The zero-order chi connectivity index (χ0) is 22.7. The van der Waals surface area contributed by atoms with Crippen molar-refractivity contribution in [2.45, 2.75) is 44.2 Å². The molecule has 1 unspecified atom stereocenters. The molecule has 1 aromatic heterocycles. The van der Waals surface area contributed by atoms with Crippen molar-refractivity contribution in [3.05, 3.63) is 65.5 Å². The number of benzene rings is 2. The molecule has 0 spiro atoms. The first-order valence-electron chi connectivity index (χ1n) is 11.4. The number of nitrogens with one attached hydrogen (secondary N) is 1. The van der Waals surface area contributed by atoms with Crippen molar-refractivity contribution < 1.29 is 14.4 Å². The molecule has 0 bridgehead atoms. The van der Waals surface area contributed by atoms with Crippen molar-refractivity contribution in [3.8, 4) is 22.5 Å². The van der Waals surface area contributed by atoms with Gasteiger partial charge in [0.1, 0.15) is 6.04 Å². The van der Waals surface area contributed by atoms with E-state index in [1.54, 1.807) is 4.90 Å². The molecular weight excluding hydrogens is 416 g/mol. The van der Waals surface area contributed by atoms with Gasteiger partial charge in [-0.25, -0.2) is 4.98 Å². The van der Waals surface area contributed by atoms with E-state index < -0.39 is 11.9 Å². The van der Waals surface area contributed by atoms with Crippen molar-refractivity contribution in [1.29, 1.82) is 0 Å². The second-order valence-electron chi connectivity index (χ2n) is 9.19. The molecule has 7 nitrogen and oxygen atoms in total. The molecule has 1 N–H and O–H groups in total. The van der Waals surface area contributed by atoms with Gasteiger partial charge < -0.3 is 9.47 Å². The highest BCUT2D eigenvalue weighted by Crippen LogP contribution is 2.46. The molecule has 3 heterocycles. The molecule has 1 saturated heterocycles. The van der Waals surface area contributed by atoms with E-state index in [2.05, 4.69) is 34.1 Å². The molecule has 7 heteroatoms. The van der Waals surface area contributed by atoms with E-state index in [1.165, 1.54) is 24.0 Å². The van der Waals surface area contributed by atoms with Crippen LogP contribution in [-0.2, 0) is 23.2 Å². The molecule has 3 aromatic rings. The number of hydrogen-bond acceptors (Lipinski definition) is 4. The summed E-state index contributed by atoms with van der Waals surface area (Å²) in [4.78, 5) is 43.2. The third kappa shape index (κ3) is 3.26. The fourth-order valence-electron chi connectivity index (χ4n) is 5.14. The van der Waals surface area contributed by atoms with Gasteiger partial charge in [0.25, 0.3) is 5.91 Å². The predicted octanol–water partition coefficient (Wildman–Crippen LogP) is 3.39. The number of aryl methyl sites for hydroxylation is 1. The third-order valence-electron chi connectivity index (χ3n) is 6.97. The van der Waals surface area contributed by atoms with Crippen molar-refractivity contribution in [3.63, 3.8) is 0 Å². The smallest absolute Gasteiger partial charge is 0.255 e. The van der Waals surface area contributed by atoms with Gasteiger partial charge in [-0.2, -0.15) is 0 Å². The van der Waals surface area contributed by atoms with Gasteiger partial charge >= 0.3 is 0 Å². The van der Waals surface area contributed by atoms with E-state index in [1.807, 2.05) is 31.6 Å². The number of fused-ring (bicyclic) bond motifs is 1. The fraction of sp³-hybridized carbons (Fsp3) is 0.308. The molecule has 0 radical (unpaired) electrons. The Morgan fingerprint density at radius 1 is 1.00 bits per heavy atom. The Labute approximate surface area is 191 Å². The number of aromatic nitrogens is 2. The molecule has 1 atom stereocenters. The molecular formula is C26H24N4O3. The van der Waals surface area contributed by atoms with Gasteiger partial charge in [-0.15, -0.1) is 0 Å². The van der Waals surface area contributed by atoms with Crippen molar-refractivity contribution in [1.82, 2.24) is 19.8 Å². The number of carbonyl (C=O) groups excluding carboxylic acids is 3. The van der Waals surface area contributed by atoms with Crippen LogP contribution in [0.3, 0.4) is 0 Å². The maximum absolute atomic E-state index is 13.0. The van der Waals surface area contributed by atoms with E-state index in [0.717, 1.165) is 22.5 Å². The maximum Gasteiger partial charge on any atom is 0.255 e. The van der Waals surface area contributed by atoms with E-state index in [-0.39, 0.29) is 18.2 Å². The molecule has 33 heavy (non-hydrogen) atoms. The van der Waals surface area contributed by atoms with Crippen LogP contribution in [0.4, 0.5) is 0 Å². The molecule has 3 amide bonds. The number of rotatable bonds is 4. The van der Waals surface area contributed by atoms with E-state index in [4.69, 9.17) is 4.98 Å². The SMILES string of the molecule is Cn1cnc(-c2ccc3c(c2)CN(C2CCC(=O)NC2=O)C3=O)c1-c1ccccc1C1CC1. The van der Waals surface area contributed by atoms with Crippen LogP contribution in [-0.4, -0.2) is 38.2 Å². The Balaban J connectivity index is 1.36. The highest BCUT2D eigenvalue weighted by molar-refractivity contribution is 6.05. The number of hydrogen-bond donors (Lipinski definition) is 1. The lowest BCUT2D eigenvalue weighted by atomic mass is 9.96. The quantitative estimate of drug-likeness (QED) is 0.631. The van der Waals surface area contributed by atoms with Crippen molar-refractivity contribution >= 4 is 17.7 Å². The standard InChI is InChI=1S/C26H24N4O3/c1-29-14-27-23(24(29)20-5-3-2-4-18(20)15-6-7-15)16-8-9-19-17(12-16)13-30(26(19)33)21-10-11-22(31)28-25(21)32/h2-5,8-9,12,14-15,21H,6-7,10-11,13H2,1H3,(H,28,31,32). The van der Waals surface area contributed by atoms with Crippen LogP contribution < -0.4 is 5.32 Å². The minimum Gasteiger partial charge on any atom is -0.333 e. The maximum atomic E-state index is 13.0. The number of piperidine rings is 1. The van der Waals surface area contributed by atoms with Crippen LogP contribution in [0.5, 0.6) is 0 Å². The van der Waals surface area contributed by atoms with Crippen LogP contribution in [0.1, 0.15) is 53.1 Å². The number of nitrogens with zero attached hydrogens (tertiary/aromatic N) is 3. The summed E-state index contributed by atoms with van der Waals surface area (Å²) in [6.45, 7) is 0.356. The Morgan fingerprint density at radius 3 is 2.61 bits per heavy atom. The summed E-state index contributed by atoms with van der Waals surface area (Å²) in [5.41, 5.74) is 6.98. The molecule has 2 fully saturated rings. The van der Waals surface area contributed by atoms with Gasteiger partial charge in [0, 0.05) is 36.7 Å². The van der Waals surface area contributed by atoms with E-state index in [0.29, 0.717) is 24.4 Å². The summed E-state index contributed by atoms with van der Waals surface area (Å²) < 4.78 is 2.06. The monoisotopic (exact) mass is 440 g/mol. The fourth-order valence-corrected chi connectivity index (χ4v) is 5.14. The number of imide groups is 1. The Kier molecular flexibility index (Phi) is 4.47. The van der Waals surface area contributed by atoms with Crippen LogP contribution in [0.25, 0.3) is 22.5 Å². The number of amides is 3. The number of carbonyl (C=O) groups is 3. The minimum absolute atomic E-state index is 0.161. The second kappa shape index (κ2) is 7.40. The Hall–Kier alpha value is -3.74. The molecule has 1 aliphatic carbocycles. The lowest BCUT2D eigenvalue weighted by Gasteiger charge is -2.29. The van der Waals surface area contributed by atoms with Crippen LogP contribution in [0.15, 0.2) is 48.8 Å². The second-order valence-corrected chi connectivity index (χ2v) is 9.19. The van der Waals surface area contributed by atoms with Gasteiger partial charge in [0.05, 0.1) is 17.7 Å². The summed E-state index contributed by atoms with van der Waals surface area (Å²) in [6, 6.07) is 13.7. The van der Waals surface area contributed by atoms with E-state index >= 15 is 0 Å². The van der Waals surface area contributed by atoms with Crippen LogP contribution in [0, 0.1) is 0 Å². The average molecular weight is 441 g/mol. The summed E-state index contributed by atoms with van der Waals surface area (Å²) >= 11 is 0. The van der Waals surface area contributed by atoms with Gasteiger partial charge in [0.2, 0.25) is 11.8 Å². The first-order valence-corrected chi connectivity index (χ1v) is 11.4. The number of imidazole rings is 1. The molecule has 166 valence electrons. The topological polar surface area (TPSA) is 84.3 Å². The highest BCUT2D eigenvalue weighted by atomic mass is 16.2. The Morgan fingerprint density at radius 2 is 1.82 bits per heavy atom. The average Bonchev–Trinajstić information content (AvgIpc) is 3.51. The molecule has 1 saturated carbocycles. The van der Waals surface area contributed by atoms with Crippen LogP contribution >= 0.6 is 0 Å². The summed E-state index contributed by atoms with van der Waals surface area (Å²) in [5.74, 6) is -0.219. The molecule has 3 aliphatic rings. The van der Waals surface area contributed by atoms with Crippen molar-refractivity contribution in [2.75, 3.05) is 0 Å².